The van der Waals surface area contributed by atoms with E-state index in [9.17, 15) is 13.2 Å². The van der Waals surface area contributed by atoms with Crippen molar-refractivity contribution in [3.05, 3.63) is 59.1 Å². The lowest BCUT2D eigenvalue weighted by Gasteiger charge is -2.16. The summed E-state index contributed by atoms with van der Waals surface area (Å²) >= 11 is 7.39. The molecule has 0 saturated carbocycles. The molecule has 0 bridgehead atoms. The summed E-state index contributed by atoms with van der Waals surface area (Å²) in [6.45, 7) is 0.971. The van der Waals surface area contributed by atoms with Crippen LogP contribution in [0.4, 0.5) is 5.13 Å². The number of amides is 1. The molecular formula is C19H17ClN4O3S2. The molecule has 1 aliphatic rings. The van der Waals surface area contributed by atoms with Crippen LogP contribution in [-0.4, -0.2) is 41.9 Å². The normalized spacial score (nSPS) is 14.8. The van der Waals surface area contributed by atoms with Crippen LogP contribution in [0.5, 0.6) is 0 Å². The lowest BCUT2D eigenvalue weighted by Crippen LogP contribution is -2.28. The molecular weight excluding hydrogens is 432 g/mol. The van der Waals surface area contributed by atoms with Crippen molar-refractivity contribution in [1.29, 1.82) is 0 Å². The van der Waals surface area contributed by atoms with E-state index in [0.717, 1.165) is 18.4 Å². The fraction of sp³-hybridized carbons (Fsp3) is 0.211. The van der Waals surface area contributed by atoms with Crippen LogP contribution in [0.3, 0.4) is 0 Å². The maximum Gasteiger partial charge on any atom is 0.259 e. The summed E-state index contributed by atoms with van der Waals surface area (Å²) in [5.74, 6) is -0.538. The first-order chi connectivity index (χ1) is 13.9. The van der Waals surface area contributed by atoms with Crippen LogP contribution in [0.15, 0.2) is 53.4 Å². The quantitative estimate of drug-likeness (QED) is 0.639. The molecule has 1 aliphatic heterocycles. The van der Waals surface area contributed by atoms with Crippen molar-refractivity contribution < 1.29 is 13.2 Å². The van der Waals surface area contributed by atoms with Gasteiger partial charge in [0.15, 0.2) is 0 Å². The van der Waals surface area contributed by atoms with Gasteiger partial charge in [0.05, 0.1) is 15.5 Å². The van der Waals surface area contributed by atoms with Crippen molar-refractivity contribution in [2.24, 2.45) is 0 Å². The third-order valence-corrected chi connectivity index (χ3v) is 7.66. The Hall–Kier alpha value is -2.33. The maximum atomic E-state index is 12.8. The molecule has 0 spiro atoms. The summed E-state index contributed by atoms with van der Waals surface area (Å²) in [4.78, 5) is 12.8. The molecule has 7 nitrogen and oxygen atoms in total. The minimum absolute atomic E-state index is 0.0520. The van der Waals surface area contributed by atoms with Crippen LogP contribution in [0, 0.1) is 0 Å². The van der Waals surface area contributed by atoms with Crippen molar-refractivity contribution in [1.82, 2.24) is 14.5 Å². The highest BCUT2D eigenvalue weighted by atomic mass is 35.5. The minimum Gasteiger partial charge on any atom is -0.296 e. The zero-order valence-electron chi connectivity index (χ0n) is 15.2. The number of rotatable bonds is 5. The Bertz CT molecular complexity index is 1140. The van der Waals surface area contributed by atoms with Crippen molar-refractivity contribution in [2.75, 3.05) is 18.4 Å². The Morgan fingerprint density at radius 2 is 1.79 bits per heavy atom. The third-order valence-electron chi connectivity index (χ3n) is 4.55. The number of nitrogens with zero attached hydrogens (tertiary/aromatic N) is 3. The zero-order valence-corrected chi connectivity index (χ0v) is 17.6. The summed E-state index contributed by atoms with van der Waals surface area (Å²) in [5.41, 5.74) is 0.964. The number of nitrogens with one attached hydrogen (secondary N) is 1. The molecule has 2 aromatic carbocycles. The summed E-state index contributed by atoms with van der Waals surface area (Å²) in [6, 6.07) is 13.6. The zero-order chi connectivity index (χ0) is 20.4. The first-order valence-corrected chi connectivity index (χ1v) is 11.6. The number of carbonyl (C=O) groups is 1. The number of sulfonamides is 1. The van der Waals surface area contributed by atoms with Crippen molar-refractivity contribution >= 4 is 44.0 Å². The molecule has 0 unspecified atom stereocenters. The molecule has 0 atom stereocenters. The average molecular weight is 449 g/mol. The van der Waals surface area contributed by atoms with E-state index in [-0.39, 0.29) is 15.5 Å². The minimum atomic E-state index is -3.65. The molecule has 2 heterocycles. The molecule has 10 heteroatoms. The molecule has 150 valence electrons. The fourth-order valence-electron chi connectivity index (χ4n) is 3.05. The summed E-state index contributed by atoms with van der Waals surface area (Å²) in [5, 5.41) is 11.9. The highest BCUT2D eigenvalue weighted by Crippen LogP contribution is 2.28. The van der Waals surface area contributed by atoms with Gasteiger partial charge in [-0.3, -0.25) is 10.1 Å². The predicted octanol–water partition coefficient (Wildman–Crippen LogP) is 3.90. The van der Waals surface area contributed by atoms with Gasteiger partial charge in [-0.15, -0.1) is 10.2 Å². The SMILES string of the molecule is O=C(Nc1nnc(-c2ccccc2)s1)c1cc(S(=O)(=O)N2CCCC2)ccc1Cl. The van der Waals surface area contributed by atoms with Gasteiger partial charge in [0.1, 0.15) is 5.01 Å². The van der Waals surface area contributed by atoms with E-state index in [1.165, 1.54) is 33.8 Å². The third kappa shape index (κ3) is 4.18. The molecule has 0 radical (unpaired) electrons. The van der Waals surface area contributed by atoms with Crippen LogP contribution in [0.2, 0.25) is 5.02 Å². The van der Waals surface area contributed by atoms with E-state index < -0.39 is 15.9 Å². The van der Waals surface area contributed by atoms with Crippen LogP contribution in [-0.2, 0) is 10.0 Å². The fourth-order valence-corrected chi connectivity index (χ4v) is 5.54. The predicted molar refractivity (Wildman–Crippen MR) is 113 cm³/mol. The van der Waals surface area contributed by atoms with Crippen LogP contribution < -0.4 is 5.32 Å². The molecule has 0 aliphatic carbocycles. The number of halogens is 1. The van der Waals surface area contributed by atoms with E-state index in [0.29, 0.717) is 23.2 Å². The molecule has 1 N–H and O–H groups in total. The smallest absolute Gasteiger partial charge is 0.259 e. The van der Waals surface area contributed by atoms with E-state index >= 15 is 0 Å². The lowest BCUT2D eigenvalue weighted by molar-refractivity contribution is 0.102. The van der Waals surface area contributed by atoms with Crippen molar-refractivity contribution in [3.63, 3.8) is 0 Å². The van der Waals surface area contributed by atoms with Crippen LogP contribution >= 0.6 is 22.9 Å². The van der Waals surface area contributed by atoms with Gasteiger partial charge in [-0.1, -0.05) is 53.3 Å². The lowest BCUT2D eigenvalue weighted by atomic mass is 10.2. The Kier molecular flexibility index (Phi) is 5.64. The van der Waals surface area contributed by atoms with Crippen molar-refractivity contribution in [3.8, 4) is 10.6 Å². The van der Waals surface area contributed by atoms with E-state index in [4.69, 9.17) is 11.6 Å². The summed E-state index contributed by atoms with van der Waals surface area (Å²) < 4.78 is 27.0. The second kappa shape index (κ2) is 8.19. The standard InChI is InChI=1S/C19H17ClN4O3S2/c20-16-9-8-14(29(26,27)24-10-4-5-11-24)12-15(16)17(25)21-19-23-22-18(28-19)13-6-2-1-3-7-13/h1-3,6-9,12H,4-5,10-11H2,(H,21,23,25). The average Bonchev–Trinajstić information content (AvgIpc) is 3.41. The van der Waals surface area contributed by atoms with Gasteiger partial charge in [0, 0.05) is 18.7 Å². The van der Waals surface area contributed by atoms with Crippen LogP contribution in [0.1, 0.15) is 23.2 Å². The summed E-state index contributed by atoms with van der Waals surface area (Å²) in [7, 11) is -3.65. The number of hydrogen-bond donors (Lipinski definition) is 1. The number of benzene rings is 2. The number of anilines is 1. The number of hydrogen-bond acceptors (Lipinski definition) is 6. The molecule has 4 rings (SSSR count). The Morgan fingerprint density at radius 3 is 2.52 bits per heavy atom. The topological polar surface area (TPSA) is 92.3 Å². The molecule has 1 saturated heterocycles. The molecule has 1 fully saturated rings. The van der Waals surface area contributed by atoms with Gasteiger partial charge in [-0.25, -0.2) is 8.42 Å². The van der Waals surface area contributed by atoms with E-state index in [2.05, 4.69) is 15.5 Å². The highest BCUT2D eigenvalue weighted by Gasteiger charge is 2.28. The monoisotopic (exact) mass is 448 g/mol. The van der Waals surface area contributed by atoms with E-state index in [1.54, 1.807) is 0 Å². The Morgan fingerprint density at radius 1 is 1.07 bits per heavy atom. The van der Waals surface area contributed by atoms with Gasteiger partial charge in [-0.05, 0) is 31.0 Å². The van der Waals surface area contributed by atoms with Crippen molar-refractivity contribution in [2.45, 2.75) is 17.7 Å². The highest BCUT2D eigenvalue weighted by molar-refractivity contribution is 7.89. The summed E-state index contributed by atoms with van der Waals surface area (Å²) in [6.07, 6.45) is 1.67. The first kappa shape index (κ1) is 20.0. The second-order valence-corrected chi connectivity index (χ2v) is 9.81. The Balaban J connectivity index is 1.57. The maximum absolute atomic E-state index is 12.8. The first-order valence-electron chi connectivity index (χ1n) is 8.95. The molecule has 1 aromatic heterocycles. The van der Waals surface area contributed by atoms with E-state index in [1.807, 2.05) is 30.3 Å². The van der Waals surface area contributed by atoms with Crippen LogP contribution in [0.25, 0.3) is 10.6 Å². The van der Waals surface area contributed by atoms with Gasteiger partial charge in [0.2, 0.25) is 15.2 Å². The number of aromatic nitrogens is 2. The van der Waals surface area contributed by atoms with Gasteiger partial charge in [0.25, 0.3) is 5.91 Å². The molecule has 3 aromatic rings. The Labute approximate surface area is 177 Å². The van der Waals surface area contributed by atoms with Gasteiger partial charge >= 0.3 is 0 Å². The molecule has 29 heavy (non-hydrogen) atoms. The largest absolute Gasteiger partial charge is 0.296 e. The van der Waals surface area contributed by atoms with Gasteiger partial charge in [-0.2, -0.15) is 4.31 Å². The van der Waals surface area contributed by atoms with Gasteiger partial charge < -0.3 is 0 Å². The second-order valence-electron chi connectivity index (χ2n) is 6.49. The molecule has 1 amide bonds. The number of carbonyl (C=O) groups excluding carboxylic acids is 1.